The molecule has 0 aliphatic carbocycles. The molecule has 5 nitrogen and oxygen atoms in total. The highest BCUT2D eigenvalue weighted by Gasteiger charge is 2.30. The first-order valence-electron chi connectivity index (χ1n) is 24.2. The van der Waals surface area contributed by atoms with Crippen LogP contribution in [0, 0.1) is 6.33 Å². The largest absolute Gasteiger partial charge is 0.458 e. The van der Waals surface area contributed by atoms with Gasteiger partial charge in [-0.05, 0) is 117 Å². The highest BCUT2D eigenvalue weighted by molar-refractivity contribution is 6.10. The molecular weight excluding hydrogens is 841 g/mol. The second kappa shape index (κ2) is 17.2. The van der Waals surface area contributed by atoms with Crippen molar-refractivity contribution in [2.24, 2.45) is 0 Å². The van der Waals surface area contributed by atoms with Crippen LogP contribution in [0.3, 0.4) is 0 Å². The molecule has 0 radical (unpaired) electrons. The molecule has 0 saturated heterocycles. The van der Waals surface area contributed by atoms with Gasteiger partial charge in [0.25, 0.3) is 6.33 Å². The van der Waals surface area contributed by atoms with Crippen molar-refractivity contribution in [1.29, 1.82) is 0 Å². The molecule has 344 valence electrons. The smallest absolute Gasteiger partial charge is 0.269 e. The van der Waals surface area contributed by atoms with Crippen molar-refractivity contribution in [3.8, 4) is 39.8 Å². The fraction of sp³-hybridized carbons (Fsp3) is 0.219. The number of pyridine rings is 1. The summed E-state index contributed by atoms with van der Waals surface area (Å²) in [6.45, 7) is 22.7. The number of aromatic nitrogens is 4. The van der Waals surface area contributed by atoms with E-state index >= 15 is 0 Å². The van der Waals surface area contributed by atoms with Crippen LogP contribution in [0.5, 0.6) is 11.5 Å². The van der Waals surface area contributed by atoms with E-state index in [0.717, 1.165) is 61.9 Å². The van der Waals surface area contributed by atoms with E-state index < -0.39 is 0 Å². The maximum absolute atomic E-state index is 7.10. The van der Waals surface area contributed by atoms with Crippen molar-refractivity contribution in [2.45, 2.75) is 90.9 Å². The lowest BCUT2D eigenvalue weighted by Gasteiger charge is -2.27. The van der Waals surface area contributed by atoms with Gasteiger partial charge in [-0.15, -0.1) is 0 Å². The Balaban J connectivity index is 1.15. The van der Waals surface area contributed by atoms with E-state index in [1.807, 2.05) is 6.20 Å². The summed E-state index contributed by atoms with van der Waals surface area (Å²) in [6.07, 6.45) is 7.99. The predicted molar refractivity (Wildman–Crippen MR) is 285 cm³/mol. The molecule has 0 spiro atoms. The van der Waals surface area contributed by atoms with Gasteiger partial charge in [-0.25, -0.2) is 4.98 Å². The Morgan fingerprint density at radius 3 is 1.78 bits per heavy atom. The third-order valence-electron chi connectivity index (χ3n) is 14.1. The quantitative estimate of drug-likeness (QED) is 0.101. The first-order valence-corrected chi connectivity index (χ1v) is 24.2. The molecule has 69 heavy (non-hydrogen) atoms. The Morgan fingerprint density at radius 1 is 0.464 bits per heavy atom. The number of nitrogens with zero attached hydrogens (tertiary/aromatic N) is 4. The van der Waals surface area contributed by atoms with Crippen LogP contribution in [0.2, 0.25) is 0 Å². The summed E-state index contributed by atoms with van der Waals surface area (Å²) in [5.74, 6) is 2.33. The summed E-state index contributed by atoms with van der Waals surface area (Å²) in [6, 6.07) is 65.2. The second-order valence-corrected chi connectivity index (χ2v) is 21.7. The summed E-state index contributed by atoms with van der Waals surface area (Å²) in [5.41, 5.74) is 12.9. The number of imidazole rings is 1. The molecule has 0 fully saturated rings. The number of fused-ring (bicyclic) bond motifs is 3. The number of rotatable bonds is 10. The first kappa shape index (κ1) is 45.3. The molecule has 7 aromatic carbocycles. The second-order valence-electron chi connectivity index (χ2n) is 21.7. The average Bonchev–Trinajstić information content (AvgIpc) is 3.95. The normalized spacial score (nSPS) is 12.5. The molecule has 0 aliphatic rings. The van der Waals surface area contributed by atoms with Gasteiger partial charge in [-0.3, -0.25) is 13.7 Å². The van der Waals surface area contributed by atoms with Gasteiger partial charge >= 0.3 is 0 Å². The standard InChI is InChI=1S/C64H62N4O/c1-61(2,3)48-27-20-28-51(37-48)66-42-59(64(9,10)47-25-18-13-19-26-47)67(43-66)52-35-45(44-21-14-11-15-22-44)36-54(40-52)69-53-30-31-55-56-38-50(63(7,8)46-23-16-12-17-24-46)29-32-57(56)68(58(55)41-53)60-39-49(33-34-65-60)62(4,5)6/h11-42H,1-10H3. The monoisotopic (exact) mass is 902 g/mol. The van der Waals surface area contributed by atoms with Gasteiger partial charge < -0.3 is 4.74 Å². The molecule has 3 heterocycles. The summed E-state index contributed by atoms with van der Waals surface area (Å²) >= 11 is 0. The van der Waals surface area contributed by atoms with Crippen molar-refractivity contribution in [3.63, 3.8) is 0 Å². The summed E-state index contributed by atoms with van der Waals surface area (Å²) < 4.78 is 13.8. The van der Waals surface area contributed by atoms with Gasteiger partial charge in [0.1, 0.15) is 17.3 Å². The zero-order valence-electron chi connectivity index (χ0n) is 41.7. The van der Waals surface area contributed by atoms with E-state index in [4.69, 9.17) is 9.72 Å². The molecule has 3 aromatic heterocycles. The zero-order valence-corrected chi connectivity index (χ0v) is 41.7. The van der Waals surface area contributed by atoms with Crippen LogP contribution in [0.4, 0.5) is 0 Å². The fourth-order valence-electron chi connectivity index (χ4n) is 9.70. The highest BCUT2D eigenvalue weighted by atomic mass is 16.5. The topological polar surface area (TPSA) is 35.9 Å². The number of ether oxygens (including phenoxy) is 1. The van der Waals surface area contributed by atoms with Crippen LogP contribution in [0.1, 0.15) is 103 Å². The molecule has 10 aromatic rings. The van der Waals surface area contributed by atoms with Gasteiger partial charge in [0.2, 0.25) is 0 Å². The van der Waals surface area contributed by atoms with Crippen LogP contribution in [0.25, 0.3) is 50.1 Å². The maximum atomic E-state index is 7.10. The van der Waals surface area contributed by atoms with Gasteiger partial charge in [0.05, 0.1) is 28.1 Å². The van der Waals surface area contributed by atoms with Crippen molar-refractivity contribution in [2.75, 3.05) is 0 Å². The Hall–Kier alpha value is -7.50. The van der Waals surface area contributed by atoms with E-state index in [2.05, 4.69) is 277 Å². The minimum absolute atomic E-state index is 0.00585. The Bertz CT molecular complexity index is 3470. The van der Waals surface area contributed by atoms with E-state index in [-0.39, 0.29) is 21.7 Å². The molecule has 0 bridgehead atoms. The third kappa shape index (κ3) is 8.67. The minimum Gasteiger partial charge on any atom is -0.458 e. The lowest BCUT2D eigenvalue weighted by atomic mass is 9.78. The van der Waals surface area contributed by atoms with E-state index in [9.17, 15) is 0 Å². The number of benzene rings is 7. The fourth-order valence-corrected chi connectivity index (χ4v) is 9.70. The Morgan fingerprint density at radius 2 is 1.10 bits per heavy atom. The summed E-state index contributed by atoms with van der Waals surface area (Å²) in [7, 11) is 0. The lowest BCUT2D eigenvalue weighted by Crippen LogP contribution is -2.29. The van der Waals surface area contributed by atoms with Crippen molar-refractivity contribution in [1.82, 2.24) is 14.1 Å². The average molecular weight is 903 g/mol. The number of hydrogen-bond acceptors (Lipinski definition) is 2. The Kier molecular flexibility index (Phi) is 11.3. The van der Waals surface area contributed by atoms with Crippen molar-refractivity contribution in [3.05, 3.63) is 234 Å². The van der Waals surface area contributed by atoms with E-state index in [0.29, 0.717) is 0 Å². The molecule has 5 heteroatoms. The lowest BCUT2D eigenvalue weighted by molar-refractivity contribution is -0.599. The molecule has 0 saturated carbocycles. The molecule has 0 atom stereocenters. The van der Waals surface area contributed by atoms with Gasteiger partial charge in [-0.2, -0.15) is 0 Å². The highest BCUT2D eigenvalue weighted by Crippen LogP contribution is 2.41. The molecule has 10 rings (SSSR count). The molecule has 0 N–H and O–H groups in total. The van der Waals surface area contributed by atoms with Crippen molar-refractivity contribution < 1.29 is 9.30 Å². The van der Waals surface area contributed by atoms with Crippen LogP contribution < -0.4 is 9.30 Å². The van der Waals surface area contributed by atoms with Crippen molar-refractivity contribution >= 4 is 21.8 Å². The van der Waals surface area contributed by atoms with E-state index in [1.165, 1.54) is 33.2 Å². The molecule has 0 aliphatic heterocycles. The summed E-state index contributed by atoms with van der Waals surface area (Å²) in [5, 5.41) is 2.31. The minimum atomic E-state index is -0.388. The van der Waals surface area contributed by atoms with Crippen LogP contribution in [-0.2, 0) is 21.7 Å². The SMILES string of the molecule is CC(C)(C)c1cccc(-[n+]2[c-]n(-c3cc(Oc4ccc5c6cc(C(C)(C)c7ccccc7)ccc6n(-c6cc(C(C)(C)C)ccn6)c5c4)cc(-c4ccccc4)c3)c(C(C)(C)c3ccccc3)c2)c1. The van der Waals surface area contributed by atoms with Gasteiger partial charge in [0.15, 0.2) is 0 Å². The summed E-state index contributed by atoms with van der Waals surface area (Å²) in [4.78, 5) is 5.02. The van der Waals surface area contributed by atoms with Crippen LogP contribution >= 0.6 is 0 Å². The van der Waals surface area contributed by atoms with Crippen LogP contribution in [0.15, 0.2) is 194 Å². The Labute approximate surface area is 408 Å². The molecule has 0 unspecified atom stereocenters. The zero-order chi connectivity index (χ0) is 48.3. The van der Waals surface area contributed by atoms with E-state index in [1.54, 1.807) is 0 Å². The maximum Gasteiger partial charge on any atom is 0.269 e. The molecule has 0 amide bonds. The molecular formula is C64H62N4O. The number of hydrogen-bond donors (Lipinski definition) is 0. The predicted octanol–water partition coefficient (Wildman–Crippen LogP) is 15.8. The third-order valence-corrected chi connectivity index (χ3v) is 14.1. The first-order chi connectivity index (χ1) is 32.9. The van der Waals surface area contributed by atoms with Gasteiger partial charge in [-0.1, -0.05) is 178 Å². The van der Waals surface area contributed by atoms with Crippen LogP contribution in [-0.4, -0.2) is 14.1 Å². The van der Waals surface area contributed by atoms with Gasteiger partial charge in [0, 0.05) is 40.1 Å².